The van der Waals surface area contributed by atoms with Crippen molar-refractivity contribution in [2.45, 2.75) is 40.3 Å². The summed E-state index contributed by atoms with van der Waals surface area (Å²) < 4.78 is 11.4. The number of rotatable bonds is 10. The average Bonchev–Trinajstić information content (AvgIpc) is 3.04. The fourth-order valence-corrected chi connectivity index (χ4v) is 4.04. The van der Waals surface area contributed by atoms with E-state index >= 15 is 0 Å². The third-order valence-corrected chi connectivity index (χ3v) is 5.63. The zero-order chi connectivity index (χ0) is 23.8. The van der Waals surface area contributed by atoms with Crippen LogP contribution in [0.15, 0.2) is 36.4 Å². The smallest absolute Gasteiger partial charge is 0.226 e. The maximum Gasteiger partial charge on any atom is 0.226 e. The van der Waals surface area contributed by atoms with Gasteiger partial charge in [-0.3, -0.25) is 4.79 Å². The summed E-state index contributed by atoms with van der Waals surface area (Å²) in [6.07, 6.45) is 0.769. The van der Waals surface area contributed by atoms with Crippen molar-refractivity contribution >= 4 is 11.6 Å². The van der Waals surface area contributed by atoms with Crippen LogP contribution in [0.5, 0.6) is 17.2 Å². The molecule has 180 valence electrons. The number of phenolic OH excluding ortho intramolecular Hbond substituents is 1. The summed E-state index contributed by atoms with van der Waals surface area (Å²) in [5.74, 6) is 1.21. The summed E-state index contributed by atoms with van der Waals surface area (Å²) in [5, 5.41) is 17.1. The molecule has 0 saturated heterocycles. The highest BCUT2D eigenvalue weighted by Gasteiger charge is 2.23. The number of hydrogen-bond donors (Lipinski definition) is 3. The summed E-state index contributed by atoms with van der Waals surface area (Å²) in [6.45, 7) is 9.54. The molecular weight excluding hydrogens is 418 g/mol. The van der Waals surface area contributed by atoms with Crippen molar-refractivity contribution < 1.29 is 19.4 Å². The van der Waals surface area contributed by atoms with Crippen molar-refractivity contribution in [2.75, 3.05) is 38.7 Å². The number of fused-ring (bicyclic) bond motifs is 1. The second-order valence-corrected chi connectivity index (χ2v) is 9.04. The molecule has 1 amide bonds. The normalized spacial score (nSPS) is 14.0. The number of nitrogens with one attached hydrogen (secondary N) is 2. The molecule has 3 N–H and O–H groups in total. The molecule has 3 rings (SSSR count). The van der Waals surface area contributed by atoms with Gasteiger partial charge in [0.15, 0.2) is 11.5 Å². The number of para-hydroxylation sites is 1. The van der Waals surface area contributed by atoms with Crippen LogP contribution < -0.4 is 20.1 Å². The van der Waals surface area contributed by atoms with Crippen LogP contribution in [-0.2, 0) is 17.9 Å². The van der Waals surface area contributed by atoms with Crippen molar-refractivity contribution in [1.82, 2.24) is 10.2 Å². The predicted octanol–water partition coefficient (Wildman–Crippen LogP) is 4.01. The van der Waals surface area contributed by atoms with Gasteiger partial charge >= 0.3 is 0 Å². The largest absolute Gasteiger partial charge is 0.504 e. The van der Waals surface area contributed by atoms with E-state index in [0.717, 1.165) is 17.7 Å². The van der Waals surface area contributed by atoms with E-state index in [1.807, 2.05) is 43.1 Å². The number of benzene rings is 2. The van der Waals surface area contributed by atoms with Crippen LogP contribution in [0.1, 0.15) is 38.3 Å². The number of aromatic hydroxyl groups is 1. The first kappa shape index (κ1) is 24.7. The van der Waals surface area contributed by atoms with Gasteiger partial charge in [0.05, 0.1) is 13.2 Å². The van der Waals surface area contributed by atoms with E-state index in [1.54, 1.807) is 6.07 Å². The van der Waals surface area contributed by atoms with Crippen LogP contribution in [0.25, 0.3) is 0 Å². The van der Waals surface area contributed by atoms with Crippen LogP contribution in [0.3, 0.4) is 0 Å². The summed E-state index contributed by atoms with van der Waals surface area (Å²) in [4.78, 5) is 15.2. The molecule has 1 heterocycles. The van der Waals surface area contributed by atoms with Gasteiger partial charge in [0.25, 0.3) is 0 Å². The Labute approximate surface area is 197 Å². The molecule has 1 unspecified atom stereocenters. The molecular formula is C26H37N3O4. The molecule has 2 aromatic carbocycles. The van der Waals surface area contributed by atoms with Gasteiger partial charge in [0.2, 0.25) is 11.7 Å². The lowest BCUT2D eigenvalue weighted by Crippen LogP contribution is -2.40. The van der Waals surface area contributed by atoms with Crippen molar-refractivity contribution in [1.29, 1.82) is 0 Å². The molecule has 0 spiro atoms. The number of phenols is 1. The topological polar surface area (TPSA) is 83.1 Å². The maximum absolute atomic E-state index is 13.3. The Hall–Kier alpha value is -2.93. The molecule has 0 fully saturated rings. The standard InChI is InChI=1S/C26H37N3O4/c1-18(2)16-29(17-20-12-23(30)25-24(13-20)32-10-7-11-33-25)26(31)19(3)14-28-15-21-8-5-6-9-22(21)27-4/h5-6,8-9,12-13,18-19,27-28,30H,7,10-11,14-17H2,1-4H3. The van der Waals surface area contributed by atoms with Gasteiger partial charge < -0.3 is 30.1 Å². The molecule has 1 aliphatic rings. The first-order chi connectivity index (χ1) is 15.9. The lowest BCUT2D eigenvalue weighted by molar-refractivity contribution is -0.136. The zero-order valence-electron chi connectivity index (χ0n) is 20.2. The van der Waals surface area contributed by atoms with Crippen LogP contribution in [0.2, 0.25) is 0 Å². The number of hydrogen-bond acceptors (Lipinski definition) is 6. The molecule has 2 aromatic rings. The maximum atomic E-state index is 13.3. The van der Waals surface area contributed by atoms with Gasteiger partial charge in [-0.2, -0.15) is 0 Å². The lowest BCUT2D eigenvalue weighted by atomic mass is 10.1. The minimum Gasteiger partial charge on any atom is -0.504 e. The van der Waals surface area contributed by atoms with Gasteiger partial charge in [-0.15, -0.1) is 0 Å². The van der Waals surface area contributed by atoms with Crippen molar-refractivity contribution in [2.24, 2.45) is 11.8 Å². The number of carbonyl (C=O) groups is 1. The van der Waals surface area contributed by atoms with Gasteiger partial charge in [-0.05, 0) is 35.2 Å². The van der Waals surface area contributed by atoms with Crippen molar-refractivity contribution in [3.05, 3.63) is 47.5 Å². The predicted molar refractivity (Wildman–Crippen MR) is 131 cm³/mol. The summed E-state index contributed by atoms with van der Waals surface area (Å²) in [6, 6.07) is 11.7. The number of ether oxygens (including phenoxy) is 2. The Morgan fingerprint density at radius 2 is 1.91 bits per heavy atom. The Kier molecular flexibility index (Phi) is 8.83. The third kappa shape index (κ3) is 6.78. The van der Waals surface area contributed by atoms with E-state index in [0.29, 0.717) is 56.8 Å². The molecule has 0 radical (unpaired) electrons. The van der Waals surface area contributed by atoms with Crippen molar-refractivity contribution in [3.63, 3.8) is 0 Å². The van der Waals surface area contributed by atoms with Gasteiger partial charge in [0.1, 0.15) is 0 Å². The molecule has 0 aliphatic carbocycles. The minimum absolute atomic E-state index is 0.0549. The van der Waals surface area contributed by atoms with Gasteiger partial charge in [-0.25, -0.2) is 0 Å². The summed E-state index contributed by atoms with van der Waals surface area (Å²) in [7, 11) is 1.91. The Balaban J connectivity index is 1.66. The number of amides is 1. The quantitative estimate of drug-likeness (QED) is 0.502. The monoisotopic (exact) mass is 455 g/mol. The second kappa shape index (κ2) is 11.8. The zero-order valence-corrected chi connectivity index (χ0v) is 20.2. The molecule has 0 bridgehead atoms. The molecule has 1 atom stereocenters. The highest BCUT2D eigenvalue weighted by molar-refractivity contribution is 5.78. The SMILES string of the molecule is CNc1ccccc1CNCC(C)C(=O)N(Cc1cc(O)c2c(c1)OCCCO2)CC(C)C. The van der Waals surface area contributed by atoms with Gasteiger partial charge in [0, 0.05) is 51.3 Å². The fraction of sp³-hybridized carbons (Fsp3) is 0.500. The van der Waals surface area contributed by atoms with Crippen LogP contribution in [0.4, 0.5) is 5.69 Å². The molecule has 33 heavy (non-hydrogen) atoms. The van der Waals surface area contributed by atoms with E-state index < -0.39 is 0 Å². The highest BCUT2D eigenvalue weighted by Crippen LogP contribution is 2.39. The number of carbonyl (C=O) groups excluding carboxylic acids is 1. The third-order valence-electron chi connectivity index (χ3n) is 5.63. The van der Waals surface area contributed by atoms with Crippen LogP contribution >= 0.6 is 0 Å². The van der Waals surface area contributed by atoms with Crippen LogP contribution in [-0.4, -0.2) is 49.3 Å². The molecule has 7 nitrogen and oxygen atoms in total. The van der Waals surface area contributed by atoms with Gasteiger partial charge in [-0.1, -0.05) is 39.0 Å². The Morgan fingerprint density at radius 1 is 1.15 bits per heavy atom. The van der Waals surface area contributed by atoms with E-state index in [9.17, 15) is 9.90 Å². The van der Waals surface area contributed by atoms with E-state index in [4.69, 9.17) is 9.47 Å². The molecule has 0 saturated carbocycles. The van der Waals surface area contributed by atoms with E-state index in [-0.39, 0.29) is 17.6 Å². The minimum atomic E-state index is -0.181. The highest BCUT2D eigenvalue weighted by atomic mass is 16.5. The lowest BCUT2D eigenvalue weighted by Gasteiger charge is -2.28. The van der Waals surface area contributed by atoms with E-state index in [1.165, 1.54) is 5.56 Å². The Morgan fingerprint density at radius 3 is 2.67 bits per heavy atom. The number of nitrogens with zero attached hydrogens (tertiary/aromatic N) is 1. The second-order valence-electron chi connectivity index (χ2n) is 9.04. The first-order valence-electron chi connectivity index (χ1n) is 11.8. The van der Waals surface area contributed by atoms with Crippen LogP contribution in [0, 0.1) is 11.8 Å². The van der Waals surface area contributed by atoms with E-state index in [2.05, 4.69) is 30.5 Å². The average molecular weight is 456 g/mol. The first-order valence-corrected chi connectivity index (χ1v) is 11.8. The molecule has 1 aliphatic heterocycles. The summed E-state index contributed by atoms with van der Waals surface area (Å²) >= 11 is 0. The Bertz CT molecular complexity index is 932. The summed E-state index contributed by atoms with van der Waals surface area (Å²) in [5.41, 5.74) is 3.08. The van der Waals surface area contributed by atoms with Crippen molar-refractivity contribution in [3.8, 4) is 17.2 Å². The molecule has 7 heteroatoms. The fourth-order valence-electron chi connectivity index (χ4n) is 4.04. The molecule has 0 aromatic heterocycles. The number of anilines is 1.